The van der Waals surface area contributed by atoms with E-state index in [1.807, 2.05) is 48.9 Å². The van der Waals surface area contributed by atoms with Crippen LogP contribution in [0.2, 0.25) is 0 Å². The van der Waals surface area contributed by atoms with Gasteiger partial charge in [-0.25, -0.2) is 4.98 Å². The van der Waals surface area contributed by atoms with Crippen molar-refractivity contribution < 1.29 is 4.42 Å². The zero-order valence-electron chi connectivity index (χ0n) is 11.4. The predicted molar refractivity (Wildman–Crippen MR) is 82.1 cm³/mol. The first kappa shape index (κ1) is 12.0. The van der Waals surface area contributed by atoms with Crippen LogP contribution in [0.5, 0.6) is 0 Å². The molecule has 0 aliphatic carbocycles. The van der Waals surface area contributed by atoms with Crippen molar-refractivity contribution in [2.75, 3.05) is 0 Å². The van der Waals surface area contributed by atoms with Crippen LogP contribution < -0.4 is 0 Å². The maximum absolute atomic E-state index is 6.06. The fourth-order valence-corrected chi connectivity index (χ4v) is 2.68. The van der Waals surface area contributed by atoms with E-state index in [1.165, 1.54) is 5.56 Å². The third-order valence-corrected chi connectivity index (χ3v) is 3.65. The number of hydrogen-bond acceptors (Lipinski definition) is 2. The van der Waals surface area contributed by atoms with E-state index in [-0.39, 0.29) is 6.04 Å². The molecule has 21 heavy (non-hydrogen) atoms. The molecule has 0 N–H and O–H groups in total. The number of imidazole rings is 1. The van der Waals surface area contributed by atoms with Crippen LogP contribution in [0.4, 0.5) is 0 Å². The quantitative estimate of drug-likeness (QED) is 0.558. The summed E-state index contributed by atoms with van der Waals surface area (Å²) in [4.78, 5) is 4.17. The fraction of sp³-hybridized carbons (Fsp3) is 0.0556. The summed E-state index contributed by atoms with van der Waals surface area (Å²) >= 11 is 0. The second-order valence-electron chi connectivity index (χ2n) is 5.01. The van der Waals surface area contributed by atoms with Crippen molar-refractivity contribution in [1.82, 2.24) is 9.55 Å². The van der Waals surface area contributed by atoms with Gasteiger partial charge in [0, 0.05) is 17.8 Å². The number of hydrogen-bond donors (Lipinski definition) is 0. The molecule has 0 spiro atoms. The van der Waals surface area contributed by atoms with Gasteiger partial charge >= 0.3 is 0 Å². The molecular formula is C18H14N2O. The molecule has 0 fully saturated rings. The Morgan fingerprint density at radius 2 is 1.76 bits per heavy atom. The molecule has 2 heterocycles. The monoisotopic (exact) mass is 274 g/mol. The van der Waals surface area contributed by atoms with E-state index in [2.05, 4.69) is 33.8 Å². The third kappa shape index (κ3) is 2.13. The highest BCUT2D eigenvalue weighted by atomic mass is 16.3. The Kier molecular flexibility index (Phi) is 2.82. The number of para-hydroxylation sites is 1. The molecule has 0 aliphatic heterocycles. The van der Waals surface area contributed by atoms with E-state index in [4.69, 9.17) is 4.42 Å². The van der Waals surface area contributed by atoms with E-state index in [1.54, 1.807) is 6.20 Å². The zero-order chi connectivity index (χ0) is 14.1. The minimum atomic E-state index is 0.00102. The first-order valence-electron chi connectivity index (χ1n) is 6.93. The van der Waals surface area contributed by atoms with Gasteiger partial charge in [0.15, 0.2) is 0 Å². The number of fused-ring (bicyclic) bond motifs is 1. The standard InChI is InChI=1S/C18H14N2O/c1-2-6-14(7-3-1)18(20-11-10-19-13-20)17-12-15-8-4-5-9-16(15)21-17/h1-13,18H/t18-/m1/s1. The maximum atomic E-state index is 6.06. The van der Waals surface area contributed by atoms with Crippen molar-refractivity contribution in [1.29, 1.82) is 0 Å². The largest absolute Gasteiger partial charge is 0.458 e. The van der Waals surface area contributed by atoms with Crippen LogP contribution in [-0.2, 0) is 0 Å². The van der Waals surface area contributed by atoms with Crippen LogP contribution >= 0.6 is 0 Å². The van der Waals surface area contributed by atoms with Gasteiger partial charge in [-0.1, -0.05) is 48.5 Å². The Balaban J connectivity index is 1.90. The van der Waals surface area contributed by atoms with Crippen molar-refractivity contribution in [3.63, 3.8) is 0 Å². The number of nitrogens with zero attached hydrogens (tertiary/aromatic N) is 2. The molecule has 0 amide bonds. The molecule has 0 unspecified atom stereocenters. The summed E-state index contributed by atoms with van der Waals surface area (Å²) in [6, 6.07) is 20.5. The van der Waals surface area contributed by atoms with E-state index < -0.39 is 0 Å². The van der Waals surface area contributed by atoms with Crippen molar-refractivity contribution in [3.05, 3.63) is 90.7 Å². The molecule has 0 saturated heterocycles. The second kappa shape index (κ2) is 4.94. The molecule has 3 nitrogen and oxygen atoms in total. The molecule has 4 aromatic rings. The maximum Gasteiger partial charge on any atom is 0.134 e. The SMILES string of the molecule is c1ccc([C@H](c2cc3ccccc3o2)n2ccnc2)cc1. The van der Waals surface area contributed by atoms with E-state index in [9.17, 15) is 0 Å². The lowest BCUT2D eigenvalue weighted by Crippen LogP contribution is -2.09. The fourth-order valence-electron chi connectivity index (χ4n) is 2.68. The highest BCUT2D eigenvalue weighted by molar-refractivity contribution is 5.78. The lowest BCUT2D eigenvalue weighted by atomic mass is 10.0. The van der Waals surface area contributed by atoms with Gasteiger partial charge in [-0.2, -0.15) is 0 Å². The summed E-state index contributed by atoms with van der Waals surface area (Å²) < 4.78 is 8.12. The third-order valence-electron chi connectivity index (χ3n) is 3.65. The Bertz CT molecular complexity index is 814. The average Bonchev–Trinajstić information content (AvgIpc) is 3.18. The molecule has 0 radical (unpaired) electrons. The number of furan rings is 1. The molecule has 2 aromatic carbocycles. The van der Waals surface area contributed by atoms with Crippen LogP contribution in [0, 0.1) is 0 Å². The van der Waals surface area contributed by atoms with Crippen LogP contribution in [0.1, 0.15) is 17.4 Å². The van der Waals surface area contributed by atoms with Gasteiger partial charge in [0.2, 0.25) is 0 Å². The topological polar surface area (TPSA) is 31.0 Å². The molecule has 0 aliphatic rings. The highest BCUT2D eigenvalue weighted by Gasteiger charge is 2.19. The van der Waals surface area contributed by atoms with E-state index >= 15 is 0 Å². The Labute approximate surface area is 122 Å². The van der Waals surface area contributed by atoms with Gasteiger partial charge in [-0.15, -0.1) is 0 Å². The van der Waals surface area contributed by atoms with Crippen LogP contribution in [0.25, 0.3) is 11.0 Å². The summed E-state index contributed by atoms with van der Waals surface area (Å²) in [5, 5.41) is 1.12. The van der Waals surface area contributed by atoms with Gasteiger partial charge in [0.25, 0.3) is 0 Å². The summed E-state index contributed by atoms with van der Waals surface area (Å²) in [5.74, 6) is 0.917. The lowest BCUT2D eigenvalue weighted by molar-refractivity contribution is 0.487. The molecule has 0 saturated carbocycles. The van der Waals surface area contributed by atoms with Crippen LogP contribution in [0.15, 0.2) is 83.8 Å². The van der Waals surface area contributed by atoms with Gasteiger partial charge in [-0.05, 0) is 17.7 Å². The first-order valence-corrected chi connectivity index (χ1v) is 6.93. The van der Waals surface area contributed by atoms with Crippen LogP contribution in [0.3, 0.4) is 0 Å². The van der Waals surface area contributed by atoms with Crippen molar-refractivity contribution in [3.8, 4) is 0 Å². The molecule has 102 valence electrons. The first-order chi connectivity index (χ1) is 10.4. The molecular weight excluding hydrogens is 260 g/mol. The highest BCUT2D eigenvalue weighted by Crippen LogP contribution is 2.31. The number of rotatable bonds is 3. The minimum Gasteiger partial charge on any atom is -0.458 e. The number of benzene rings is 2. The second-order valence-corrected chi connectivity index (χ2v) is 5.01. The summed E-state index contributed by atoms with van der Waals surface area (Å²) in [6.07, 6.45) is 5.58. The normalized spacial score (nSPS) is 12.6. The van der Waals surface area contributed by atoms with Gasteiger partial charge in [0.1, 0.15) is 17.4 Å². The number of aromatic nitrogens is 2. The lowest BCUT2D eigenvalue weighted by Gasteiger charge is -2.16. The van der Waals surface area contributed by atoms with Crippen molar-refractivity contribution in [2.45, 2.75) is 6.04 Å². The van der Waals surface area contributed by atoms with E-state index in [0.717, 1.165) is 16.7 Å². The Hall–Kier alpha value is -2.81. The van der Waals surface area contributed by atoms with Crippen molar-refractivity contribution in [2.24, 2.45) is 0 Å². The van der Waals surface area contributed by atoms with Gasteiger partial charge < -0.3 is 8.98 Å². The molecule has 1 atom stereocenters. The predicted octanol–water partition coefficient (Wildman–Crippen LogP) is 4.27. The smallest absolute Gasteiger partial charge is 0.134 e. The van der Waals surface area contributed by atoms with Gasteiger partial charge in [-0.3, -0.25) is 0 Å². The molecule has 3 heteroatoms. The minimum absolute atomic E-state index is 0.00102. The molecule has 4 rings (SSSR count). The summed E-state index contributed by atoms with van der Waals surface area (Å²) in [6.45, 7) is 0. The Morgan fingerprint density at radius 1 is 0.952 bits per heavy atom. The van der Waals surface area contributed by atoms with Crippen molar-refractivity contribution >= 4 is 11.0 Å². The van der Waals surface area contributed by atoms with Crippen LogP contribution in [-0.4, -0.2) is 9.55 Å². The summed E-state index contributed by atoms with van der Waals surface area (Å²) in [5.41, 5.74) is 2.09. The van der Waals surface area contributed by atoms with E-state index in [0.29, 0.717) is 0 Å². The van der Waals surface area contributed by atoms with Gasteiger partial charge in [0.05, 0.1) is 6.33 Å². The molecule has 0 bridgehead atoms. The molecule has 2 aromatic heterocycles. The average molecular weight is 274 g/mol. The summed E-state index contributed by atoms with van der Waals surface area (Å²) in [7, 11) is 0. The Morgan fingerprint density at radius 3 is 2.52 bits per heavy atom. The zero-order valence-corrected chi connectivity index (χ0v) is 11.4.